The SMILES string of the molecule is CC(CCNC(C)(C)C)N(C)Cc1cccc(Br)c1. The van der Waals surface area contributed by atoms with E-state index in [0.29, 0.717) is 6.04 Å². The van der Waals surface area contributed by atoms with Crippen LogP contribution in [0.15, 0.2) is 28.7 Å². The third-order valence-corrected chi connectivity index (χ3v) is 3.78. The first-order valence-electron chi connectivity index (χ1n) is 6.97. The Morgan fingerprint density at radius 3 is 2.58 bits per heavy atom. The second kappa shape index (κ2) is 7.41. The Kier molecular flexibility index (Phi) is 6.51. The van der Waals surface area contributed by atoms with Gasteiger partial charge in [0.1, 0.15) is 0 Å². The van der Waals surface area contributed by atoms with E-state index in [-0.39, 0.29) is 5.54 Å². The molecule has 0 saturated carbocycles. The summed E-state index contributed by atoms with van der Waals surface area (Å²) in [4.78, 5) is 2.41. The minimum absolute atomic E-state index is 0.211. The number of halogens is 1. The predicted octanol–water partition coefficient (Wildman–Crippen LogP) is 4.05. The monoisotopic (exact) mass is 326 g/mol. The summed E-state index contributed by atoms with van der Waals surface area (Å²) in [6.45, 7) is 11.0. The molecule has 3 heteroatoms. The van der Waals surface area contributed by atoms with Crippen LogP contribution >= 0.6 is 15.9 Å². The molecule has 0 aliphatic rings. The van der Waals surface area contributed by atoms with Crippen molar-refractivity contribution in [2.24, 2.45) is 0 Å². The number of hydrogen-bond donors (Lipinski definition) is 1. The van der Waals surface area contributed by atoms with Crippen LogP contribution in [0.2, 0.25) is 0 Å². The number of hydrogen-bond acceptors (Lipinski definition) is 2. The van der Waals surface area contributed by atoms with Gasteiger partial charge in [-0.1, -0.05) is 28.1 Å². The maximum atomic E-state index is 3.55. The fourth-order valence-corrected chi connectivity index (χ4v) is 2.40. The minimum Gasteiger partial charge on any atom is -0.312 e. The first-order valence-corrected chi connectivity index (χ1v) is 7.77. The number of rotatable bonds is 6. The summed E-state index contributed by atoms with van der Waals surface area (Å²) < 4.78 is 1.15. The van der Waals surface area contributed by atoms with Gasteiger partial charge in [0.15, 0.2) is 0 Å². The van der Waals surface area contributed by atoms with E-state index < -0.39 is 0 Å². The Bertz CT molecular complexity index is 385. The van der Waals surface area contributed by atoms with Crippen LogP contribution in [0.4, 0.5) is 0 Å². The van der Waals surface area contributed by atoms with Crippen LogP contribution in [-0.2, 0) is 6.54 Å². The molecule has 0 aliphatic heterocycles. The number of nitrogens with one attached hydrogen (secondary N) is 1. The second-order valence-electron chi connectivity index (χ2n) is 6.36. The zero-order valence-corrected chi connectivity index (χ0v) is 14.4. The van der Waals surface area contributed by atoms with Crippen molar-refractivity contribution in [2.45, 2.75) is 52.2 Å². The summed E-state index contributed by atoms with van der Waals surface area (Å²) in [6, 6.07) is 9.12. The van der Waals surface area contributed by atoms with Crippen LogP contribution in [0.5, 0.6) is 0 Å². The molecule has 0 saturated heterocycles. The van der Waals surface area contributed by atoms with Gasteiger partial charge in [-0.15, -0.1) is 0 Å². The molecule has 0 fully saturated rings. The lowest BCUT2D eigenvalue weighted by molar-refractivity contribution is 0.231. The standard InChI is InChI=1S/C16H27BrN2/c1-13(9-10-18-16(2,3)4)19(5)12-14-7-6-8-15(17)11-14/h6-8,11,13,18H,9-10,12H2,1-5H3. The zero-order chi connectivity index (χ0) is 14.5. The van der Waals surface area contributed by atoms with Gasteiger partial charge in [-0.2, -0.15) is 0 Å². The van der Waals surface area contributed by atoms with Gasteiger partial charge >= 0.3 is 0 Å². The van der Waals surface area contributed by atoms with E-state index in [1.165, 1.54) is 12.0 Å². The highest BCUT2D eigenvalue weighted by atomic mass is 79.9. The summed E-state index contributed by atoms with van der Waals surface area (Å²) in [5.41, 5.74) is 1.57. The Morgan fingerprint density at radius 2 is 2.00 bits per heavy atom. The van der Waals surface area contributed by atoms with E-state index in [9.17, 15) is 0 Å². The van der Waals surface area contributed by atoms with Crippen molar-refractivity contribution in [3.63, 3.8) is 0 Å². The first kappa shape index (κ1) is 16.7. The first-order chi connectivity index (χ1) is 8.78. The van der Waals surface area contributed by atoms with Crippen LogP contribution in [0, 0.1) is 0 Å². The average Bonchev–Trinajstić information content (AvgIpc) is 2.27. The van der Waals surface area contributed by atoms with E-state index in [2.05, 4.69) is 85.2 Å². The molecule has 0 amide bonds. The largest absolute Gasteiger partial charge is 0.312 e. The van der Waals surface area contributed by atoms with E-state index in [4.69, 9.17) is 0 Å². The molecule has 0 heterocycles. The molecule has 1 aromatic carbocycles. The number of nitrogens with zero attached hydrogens (tertiary/aromatic N) is 1. The van der Waals surface area contributed by atoms with Crippen molar-refractivity contribution >= 4 is 15.9 Å². The van der Waals surface area contributed by atoms with Gasteiger partial charge in [-0.25, -0.2) is 0 Å². The fourth-order valence-electron chi connectivity index (χ4n) is 1.96. The van der Waals surface area contributed by atoms with Gasteiger partial charge in [0.05, 0.1) is 0 Å². The molecule has 0 radical (unpaired) electrons. The summed E-state index contributed by atoms with van der Waals surface area (Å²) in [7, 11) is 2.20. The molecule has 1 rings (SSSR count). The molecular formula is C16H27BrN2. The average molecular weight is 327 g/mol. The van der Waals surface area contributed by atoms with E-state index in [0.717, 1.165) is 17.6 Å². The lowest BCUT2D eigenvalue weighted by atomic mass is 10.1. The topological polar surface area (TPSA) is 15.3 Å². The van der Waals surface area contributed by atoms with Crippen LogP contribution in [0.3, 0.4) is 0 Å². The van der Waals surface area contributed by atoms with Gasteiger partial charge < -0.3 is 5.32 Å². The minimum atomic E-state index is 0.211. The highest BCUT2D eigenvalue weighted by Crippen LogP contribution is 2.14. The molecule has 0 spiro atoms. The van der Waals surface area contributed by atoms with Gasteiger partial charge in [0.2, 0.25) is 0 Å². The highest BCUT2D eigenvalue weighted by molar-refractivity contribution is 9.10. The van der Waals surface area contributed by atoms with Crippen LogP contribution in [0.1, 0.15) is 39.7 Å². The van der Waals surface area contributed by atoms with Crippen molar-refractivity contribution in [1.29, 1.82) is 0 Å². The van der Waals surface area contributed by atoms with Gasteiger partial charge in [0.25, 0.3) is 0 Å². The number of benzene rings is 1. The summed E-state index contributed by atoms with van der Waals surface area (Å²) in [5, 5.41) is 3.55. The fraction of sp³-hybridized carbons (Fsp3) is 0.625. The highest BCUT2D eigenvalue weighted by Gasteiger charge is 2.12. The third-order valence-electron chi connectivity index (χ3n) is 3.29. The molecule has 1 unspecified atom stereocenters. The van der Waals surface area contributed by atoms with Crippen LogP contribution in [-0.4, -0.2) is 30.1 Å². The lowest BCUT2D eigenvalue weighted by Crippen LogP contribution is -2.39. The predicted molar refractivity (Wildman–Crippen MR) is 87.4 cm³/mol. The Balaban J connectivity index is 2.38. The molecule has 108 valence electrons. The summed E-state index contributed by atoms with van der Waals surface area (Å²) in [5.74, 6) is 0. The molecule has 0 aliphatic carbocycles. The smallest absolute Gasteiger partial charge is 0.0233 e. The normalized spacial score (nSPS) is 13.8. The summed E-state index contributed by atoms with van der Waals surface area (Å²) >= 11 is 3.52. The maximum Gasteiger partial charge on any atom is 0.0233 e. The van der Waals surface area contributed by atoms with Crippen molar-refractivity contribution < 1.29 is 0 Å². The molecule has 0 aromatic heterocycles. The van der Waals surface area contributed by atoms with E-state index >= 15 is 0 Å². The second-order valence-corrected chi connectivity index (χ2v) is 7.28. The Morgan fingerprint density at radius 1 is 1.32 bits per heavy atom. The van der Waals surface area contributed by atoms with Gasteiger partial charge in [-0.05, 0) is 65.4 Å². The maximum absolute atomic E-state index is 3.55. The van der Waals surface area contributed by atoms with Gasteiger partial charge in [0, 0.05) is 22.6 Å². The molecule has 1 atom stereocenters. The Labute approximate surface area is 126 Å². The molecular weight excluding hydrogens is 300 g/mol. The van der Waals surface area contributed by atoms with Crippen LogP contribution in [0.25, 0.3) is 0 Å². The lowest BCUT2D eigenvalue weighted by Gasteiger charge is -2.27. The van der Waals surface area contributed by atoms with Crippen molar-refractivity contribution in [3.05, 3.63) is 34.3 Å². The Hall–Kier alpha value is -0.380. The molecule has 1 aromatic rings. The van der Waals surface area contributed by atoms with E-state index in [1.54, 1.807) is 0 Å². The molecule has 0 bridgehead atoms. The quantitative estimate of drug-likeness (QED) is 0.848. The summed E-state index contributed by atoms with van der Waals surface area (Å²) in [6.07, 6.45) is 1.17. The van der Waals surface area contributed by atoms with Crippen molar-refractivity contribution in [1.82, 2.24) is 10.2 Å². The zero-order valence-electron chi connectivity index (χ0n) is 12.8. The van der Waals surface area contributed by atoms with Crippen molar-refractivity contribution in [3.8, 4) is 0 Å². The molecule has 2 nitrogen and oxygen atoms in total. The van der Waals surface area contributed by atoms with E-state index in [1.807, 2.05) is 0 Å². The van der Waals surface area contributed by atoms with Gasteiger partial charge in [-0.3, -0.25) is 4.90 Å². The molecule has 19 heavy (non-hydrogen) atoms. The third kappa shape index (κ3) is 7.09. The van der Waals surface area contributed by atoms with Crippen LogP contribution < -0.4 is 5.32 Å². The molecule has 1 N–H and O–H groups in total. The van der Waals surface area contributed by atoms with Crippen molar-refractivity contribution in [2.75, 3.05) is 13.6 Å².